The van der Waals surface area contributed by atoms with Gasteiger partial charge in [-0.05, 0) is 24.4 Å². The number of rotatable bonds is 3. The normalized spacial score (nSPS) is 13.9. The molecule has 1 aliphatic heterocycles. The maximum atomic E-state index is 12.9. The number of para-hydroxylation sites is 1. The zero-order valence-corrected chi connectivity index (χ0v) is 15.8. The summed E-state index contributed by atoms with van der Waals surface area (Å²) < 4.78 is 5.77. The Morgan fingerprint density at radius 2 is 2.19 bits per heavy atom. The zero-order chi connectivity index (χ0) is 18.4. The van der Waals surface area contributed by atoms with Crippen LogP contribution in [-0.4, -0.2) is 27.3 Å². The van der Waals surface area contributed by atoms with Crippen molar-refractivity contribution in [2.45, 2.75) is 26.3 Å². The molecule has 1 aliphatic rings. The summed E-state index contributed by atoms with van der Waals surface area (Å²) in [6.07, 6.45) is 1.13. The van der Waals surface area contributed by atoms with Crippen LogP contribution >= 0.6 is 11.3 Å². The number of carbonyl (C=O) groups is 1. The van der Waals surface area contributed by atoms with Crippen LogP contribution in [-0.2, 0) is 24.2 Å². The fourth-order valence-corrected chi connectivity index (χ4v) is 4.38. The van der Waals surface area contributed by atoms with E-state index in [0.717, 1.165) is 34.8 Å². The first kappa shape index (κ1) is 16.3. The zero-order valence-electron chi connectivity index (χ0n) is 15.0. The number of aromatic amines is 1. The van der Waals surface area contributed by atoms with Crippen LogP contribution in [0.5, 0.6) is 0 Å². The molecular formula is C21H19N3O2S. The number of aromatic nitrogens is 2. The first-order valence-corrected chi connectivity index (χ1v) is 9.93. The van der Waals surface area contributed by atoms with Crippen molar-refractivity contribution in [3.05, 3.63) is 64.5 Å². The van der Waals surface area contributed by atoms with Gasteiger partial charge in [0, 0.05) is 41.7 Å². The summed E-state index contributed by atoms with van der Waals surface area (Å²) in [7, 11) is 0. The third kappa shape index (κ3) is 2.86. The molecule has 0 radical (unpaired) electrons. The maximum Gasteiger partial charge on any atom is 0.236 e. The Kier molecular flexibility index (Phi) is 3.86. The summed E-state index contributed by atoms with van der Waals surface area (Å²) in [4.78, 5) is 23.9. The van der Waals surface area contributed by atoms with Crippen molar-refractivity contribution >= 4 is 28.1 Å². The largest absolute Gasteiger partial charge is 0.440 e. The minimum absolute atomic E-state index is 0.0973. The van der Waals surface area contributed by atoms with Crippen molar-refractivity contribution < 1.29 is 9.21 Å². The first-order valence-electron chi connectivity index (χ1n) is 9.05. The Morgan fingerprint density at radius 3 is 3.04 bits per heavy atom. The van der Waals surface area contributed by atoms with Crippen LogP contribution in [0.3, 0.4) is 0 Å². The first-order chi connectivity index (χ1) is 13.2. The standard InChI is InChI=1S/C21H19N3O2S/c1-13-18(23-21(26-13)19-7-4-10-27-19)11-20(25)24-9-8-17-15(12-24)14-5-2-3-6-16(14)22-17/h2-7,10,22H,8-9,11-12H2,1H3. The number of aryl methyl sites for hydroxylation is 1. The van der Waals surface area contributed by atoms with Crippen molar-refractivity contribution in [2.75, 3.05) is 6.54 Å². The average molecular weight is 377 g/mol. The van der Waals surface area contributed by atoms with Gasteiger partial charge in [-0.2, -0.15) is 0 Å². The molecule has 3 aromatic heterocycles. The Hall–Kier alpha value is -2.86. The van der Waals surface area contributed by atoms with E-state index in [0.29, 0.717) is 12.4 Å². The molecule has 5 nitrogen and oxygen atoms in total. The van der Waals surface area contributed by atoms with Gasteiger partial charge in [-0.15, -0.1) is 11.3 Å². The van der Waals surface area contributed by atoms with E-state index >= 15 is 0 Å². The number of carbonyl (C=O) groups excluding carboxylic acids is 1. The van der Waals surface area contributed by atoms with Gasteiger partial charge in [0.05, 0.1) is 17.0 Å². The van der Waals surface area contributed by atoms with Gasteiger partial charge < -0.3 is 14.3 Å². The summed E-state index contributed by atoms with van der Waals surface area (Å²) in [6.45, 7) is 3.25. The minimum atomic E-state index is 0.0973. The molecule has 0 aliphatic carbocycles. The van der Waals surface area contributed by atoms with Gasteiger partial charge in [0.1, 0.15) is 5.76 Å². The summed E-state index contributed by atoms with van der Waals surface area (Å²) in [5, 5.41) is 3.20. The fraction of sp³-hybridized carbons (Fsp3) is 0.238. The van der Waals surface area contributed by atoms with Crippen molar-refractivity contribution in [1.29, 1.82) is 0 Å². The van der Waals surface area contributed by atoms with E-state index in [1.807, 2.05) is 41.5 Å². The summed E-state index contributed by atoms with van der Waals surface area (Å²) in [5.74, 6) is 1.42. The predicted octanol–water partition coefficient (Wildman–Crippen LogP) is 4.32. The van der Waals surface area contributed by atoms with Crippen LogP contribution in [0, 0.1) is 6.92 Å². The van der Waals surface area contributed by atoms with E-state index in [4.69, 9.17) is 4.42 Å². The van der Waals surface area contributed by atoms with Gasteiger partial charge in [-0.3, -0.25) is 4.79 Å². The monoisotopic (exact) mass is 377 g/mol. The topological polar surface area (TPSA) is 62.1 Å². The molecule has 0 spiro atoms. The number of fused-ring (bicyclic) bond motifs is 3. The lowest BCUT2D eigenvalue weighted by Gasteiger charge is -2.27. The number of benzene rings is 1. The Bertz CT molecular complexity index is 1120. The Balaban J connectivity index is 1.36. The molecule has 1 amide bonds. The lowest BCUT2D eigenvalue weighted by Crippen LogP contribution is -2.36. The second kappa shape index (κ2) is 6.39. The summed E-state index contributed by atoms with van der Waals surface area (Å²) in [5.41, 5.74) is 4.36. The van der Waals surface area contributed by atoms with E-state index in [-0.39, 0.29) is 12.3 Å². The molecule has 1 aromatic carbocycles. The van der Waals surface area contributed by atoms with Crippen LogP contribution in [0.1, 0.15) is 22.7 Å². The molecule has 4 aromatic rings. The molecule has 0 fully saturated rings. The molecule has 0 unspecified atom stereocenters. The average Bonchev–Trinajstić information content (AvgIpc) is 3.40. The van der Waals surface area contributed by atoms with E-state index < -0.39 is 0 Å². The summed E-state index contributed by atoms with van der Waals surface area (Å²) >= 11 is 1.58. The molecule has 1 N–H and O–H groups in total. The molecule has 5 rings (SSSR count). The second-order valence-corrected chi connectivity index (χ2v) is 7.82. The highest BCUT2D eigenvalue weighted by Crippen LogP contribution is 2.29. The highest BCUT2D eigenvalue weighted by molar-refractivity contribution is 7.13. The van der Waals surface area contributed by atoms with Gasteiger partial charge in [0.15, 0.2) is 0 Å². The lowest BCUT2D eigenvalue weighted by atomic mass is 10.0. The van der Waals surface area contributed by atoms with Crippen molar-refractivity contribution in [2.24, 2.45) is 0 Å². The third-order valence-electron chi connectivity index (χ3n) is 5.18. The van der Waals surface area contributed by atoms with Crippen LogP contribution in [0.4, 0.5) is 0 Å². The molecule has 27 heavy (non-hydrogen) atoms. The molecule has 0 atom stereocenters. The Labute approximate surface area is 160 Å². The van der Waals surface area contributed by atoms with Crippen molar-refractivity contribution in [3.8, 4) is 10.8 Å². The van der Waals surface area contributed by atoms with Gasteiger partial charge in [-0.25, -0.2) is 4.98 Å². The van der Waals surface area contributed by atoms with Gasteiger partial charge in [0.2, 0.25) is 11.8 Å². The van der Waals surface area contributed by atoms with E-state index in [9.17, 15) is 4.79 Å². The lowest BCUT2D eigenvalue weighted by molar-refractivity contribution is -0.131. The number of nitrogens with one attached hydrogen (secondary N) is 1. The highest BCUT2D eigenvalue weighted by Gasteiger charge is 2.25. The molecule has 6 heteroatoms. The van der Waals surface area contributed by atoms with Crippen molar-refractivity contribution in [1.82, 2.24) is 14.9 Å². The number of amides is 1. The molecule has 4 heterocycles. The highest BCUT2D eigenvalue weighted by atomic mass is 32.1. The number of H-pyrrole nitrogens is 1. The fourth-order valence-electron chi connectivity index (χ4n) is 3.73. The maximum absolute atomic E-state index is 12.9. The number of nitrogens with zero attached hydrogens (tertiary/aromatic N) is 2. The van der Waals surface area contributed by atoms with E-state index in [2.05, 4.69) is 22.1 Å². The number of thiophene rings is 1. The van der Waals surface area contributed by atoms with Crippen LogP contribution in [0.2, 0.25) is 0 Å². The van der Waals surface area contributed by atoms with E-state index in [1.165, 1.54) is 16.6 Å². The second-order valence-electron chi connectivity index (χ2n) is 6.87. The molecule has 0 saturated carbocycles. The number of hydrogen-bond acceptors (Lipinski definition) is 4. The predicted molar refractivity (Wildman–Crippen MR) is 106 cm³/mol. The molecule has 136 valence electrons. The Morgan fingerprint density at radius 1 is 1.30 bits per heavy atom. The SMILES string of the molecule is Cc1oc(-c2cccs2)nc1CC(=O)N1CCc2[nH]c3ccccc3c2C1. The smallest absolute Gasteiger partial charge is 0.236 e. The van der Waals surface area contributed by atoms with Gasteiger partial charge in [0.25, 0.3) is 0 Å². The van der Waals surface area contributed by atoms with E-state index in [1.54, 1.807) is 11.3 Å². The van der Waals surface area contributed by atoms with Crippen LogP contribution in [0.25, 0.3) is 21.7 Å². The minimum Gasteiger partial charge on any atom is -0.440 e. The molecule has 0 bridgehead atoms. The quantitative estimate of drug-likeness (QED) is 0.578. The molecule has 0 saturated heterocycles. The van der Waals surface area contributed by atoms with Crippen LogP contribution < -0.4 is 0 Å². The van der Waals surface area contributed by atoms with Crippen LogP contribution in [0.15, 0.2) is 46.2 Å². The van der Waals surface area contributed by atoms with Gasteiger partial charge >= 0.3 is 0 Å². The summed E-state index contributed by atoms with van der Waals surface area (Å²) in [6, 6.07) is 12.2. The third-order valence-corrected chi connectivity index (χ3v) is 6.04. The molecular weight excluding hydrogens is 358 g/mol. The van der Waals surface area contributed by atoms with Gasteiger partial charge in [-0.1, -0.05) is 24.3 Å². The number of oxazole rings is 1. The van der Waals surface area contributed by atoms with Crippen molar-refractivity contribution in [3.63, 3.8) is 0 Å². The number of hydrogen-bond donors (Lipinski definition) is 1.